The molecule has 1 amide bonds. The maximum atomic E-state index is 12.1. The van der Waals surface area contributed by atoms with Crippen molar-refractivity contribution in [3.63, 3.8) is 0 Å². The zero-order valence-electron chi connectivity index (χ0n) is 12.0. The van der Waals surface area contributed by atoms with Gasteiger partial charge in [0.25, 0.3) is 5.69 Å². The van der Waals surface area contributed by atoms with Gasteiger partial charge in [0.15, 0.2) is 0 Å². The Kier molecular flexibility index (Phi) is 5.12. The molecule has 0 aliphatic rings. The molecule has 0 aromatic heterocycles. The molecule has 1 atom stereocenters. The minimum Gasteiger partial charge on any atom is -0.352 e. The molecule has 0 heterocycles. The summed E-state index contributed by atoms with van der Waals surface area (Å²) in [7, 11) is 0. The molecule has 6 heteroatoms. The quantitative estimate of drug-likeness (QED) is 0.675. The Morgan fingerprint density at radius 2 is 1.77 bits per heavy atom. The van der Waals surface area contributed by atoms with Crippen LogP contribution in [0, 0.1) is 10.1 Å². The predicted octanol–water partition coefficient (Wildman–Crippen LogP) is 3.67. The number of carbonyl (C=O) groups is 1. The van der Waals surface area contributed by atoms with E-state index in [9.17, 15) is 14.9 Å². The summed E-state index contributed by atoms with van der Waals surface area (Å²) in [6, 6.07) is 13.2. The van der Waals surface area contributed by atoms with Crippen LogP contribution in [0.1, 0.15) is 24.0 Å². The molecule has 0 bridgehead atoms. The van der Waals surface area contributed by atoms with Crippen molar-refractivity contribution in [2.24, 2.45) is 0 Å². The minimum absolute atomic E-state index is 0.0116. The smallest absolute Gasteiger partial charge is 0.269 e. The van der Waals surface area contributed by atoms with E-state index < -0.39 is 4.92 Å². The largest absolute Gasteiger partial charge is 0.352 e. The third-order valence-corrected chi connectivity index (χ3v) is 3.63. The fourth-order valence-electron chi connectivity index (χ4n) is 1.98. The average Bonchev–Trinajstić information content (AvgIpc) is 2.53. The Labute approximate surface area is 133 Å². The second-order valence-electron chi connectivity index (χ2n) is 4.91. The number of carbonyl (C=O) groups excluding carboxylic acids is 1. The van der Waals surface area contributed by atoms with Gasteiger partial charge in [0.05, 0.1) is 10.8 Å². The number of rotatable bonds is 5. The fraction of sp³-hybridized carbons (Fsp3) is 0.188. The third-order valence-electron chi connectivity index (χ3n) is 3.38. The van der Waals surface area contributed by atoms with Gasteiger partial charge in [-0.3, -0.25) is 14.9 Å². The Morgan fingerprint density at radius 1 is 1.18 bits per heavy atom. The molecule has 0 unspecified atom stereocenters. The Hall–Kier alpha value is -2.40. The van der Waals surface area contributed by atoms with Gasteiger partial charge in [-0.15, -0.1) is 0 Å². The van der Waals surface area contributed by atoms with Crippen LogP contribution in [-0.2, 0) is 11.3 Å². The molecule has 0 radical (unpaired) electrons. The number of nitro benzene ring substituents is 1. The number of amides is 1. The van der Waals surface area contributed by atoms with Crippen molar-refractivity contribution in [3.8, 4) is 0 Å². The van der Waals surface area contributed by atoms with Gasteiger partial charge >= 0.3 is 0 Å². The van der Waals surface area contributed by atoms with Crippen molar-refractivity contribution >= 4 is 23.2 Å². The molecular formula is C16H15ClN2O3. The summed E-state index contributed by atoms with van der Waals surface area (Å²) in [5.41, 5.74) is 1.70. The zero-order valence-corrected chi connectivity index (χ0v) is 12.7. The maximum absolute atomic E-state index is 12.1. The van der Waals surface area contributed by atoms with Crippen LogP contribution >= 0.6 is 11.6 Å². The van der Waals surface area contributed by atoms with E-state index in [-0.39, 0.29) is 17.5 Å². The lowest BCUT2D eigenvalue weighted by atomic mass is 10.00. The molecular weight excluding hydrogens is 304 g/mol. The highest BCUT2D eigenvalue weighted by molar-refractivity contribution is 6.30. The predicted molar refractivity (Wildman–Crippen MR) is 84.8 cm³/mol. The highest BCUT2D eigenvalue weighted by Gasteiger charge is 2.16. The van der Waals surface area contributed by atoms with E-state index in [0.717, 1.165) is 11.1 Å². The first-order chi connectivity index (χ1) is 10.5. The lowest BCUT2D eigenvalue weighted by molar-refractivity contribution is -0.384. The minimum atomic E-state index is -0.463. The molecule has 0 saturated heterocycles. The summed E-state index contributed by atoms with van der Waals surface area (Å²) < 4.78 is 0. The zero-order chi connectivity index (χ0) is 16.1. The Balaban J connectivity index is 1.96. The SMILES string of the molecule is C[C@@H](C(=O)NCc1ccc(Cl)cc1)c1ccc([N+](=O)[O-])cc1. The monoisotopic (exact) mass is 318 g/mol. The molecule has 2 aromatic rings. The molecule has 2 aromatic carbocycles. The second kappa shape index (κ2) is 7.04. The van der Waals surface area contributed by atoms with Gasteiger partial charge in [-0.2, -0.15) is 0 Å². The topological polar surface area (TPSA) is 72.2 Å². The molecule has 0 spiro atoms. The van der Waals surface area contributed by atoms with Gasteiger partial charge in [0.1, 0.15) is 0 Å². The lowest BCUT2D eigenvalue weighted by Gasteiger charge is -2.12. The molecule has 2 rings (SSSR count). The summed E-state index contributed by atoms with van der Waals surface area (Å²) >= 11 is 5.80. The van der Waals surface area contributed by atoms with Gasteiger partial charge in [0, 0.05) is 23.7 Å². The van der Waals surface area contributed by atoms with E-state index in [2.05, 4.69) is 5.32 Å². The molecule has 114 valence electrons. The summed E-state index contributed by atoms with van der Waals surface area (Å²) in [6.45, 7) is 2.17. The maximum Gasteiger partial charge on any atom is 0.269 e. The van der Waals surface area contributed by atoms with Gasteiger partial charge in [0.2, 0.25) is 5.91 Å². The van der Waals surface area contributed by atoms with Crippen LogP contribution in [0.5, 0.6) is 0 Å². The van der Waals surface area contributed by atoms with Crippen LogP contribution in [0.25, 0.3) is 0 Å². The molecule has 22 heavy (non-hydrogen) atoms. The summed E-state index contributed by atoms with van der Waals surface area (Å²) in [4.78, 5) is 22.3. The number of nitrogens with zero attached hydrogens (tertiary/aromatic N) is 1. The van der Waals surface area contributed by atoms with Crippen LogP contribution in [0.3, 0.4) is 0 Å². The fourth-order valence-corrected chi connectivity index (χ4v) is 2.11. The number of nitro groups is 1. The van der Waals surface area contributed by atoms with Crippen LogP contribution in [0.2, 0.25) is 5.02 Å². The van der Waals surface area contributed by atoms with E-state index in [0.29, 0.717) is 11.6 Å². The third kappa shape index (κ3) is 4.05. The van der Waals surface area contributed by atoms with Crippen LogP contribution in [0.4, 0.5) is 5.69 Å². The highest BCUT2D eigenvalue weighted by atomic mass is 35.5. The van der Waals surface area contributed by atoms with Crippen molar-refractivity contribution in [1.29, 1.82) is 0 Å². The lowest BCUT2D eigenvalue weighted by Crippen LogP contribution is -2.27. The van der Waals surface area contributed by atoms with Crippen molar-refractivity contribution in [2.75, 3.05) is 0 Å². The highest BCUT2D eigenvalue weighted by Crippen LogP contribution is 2.19. The average molecular weight is 319 g/mol. The van der Waals surface area contributed by atoms with E-state index >= 15 is 0 Å². The summed E-state index contributed by atoms with van der Waals surface area (Å²) in [6.07, 6.45) is 0. The normalized spacial score (nSPS) is 11.7. The molecule has 1 N–H and O–H groups in total. The number of non-ortho nitro benzene ring substituents is 1. The van der Waals surface area contributed by atoms with Crippen molar-refractivity contribution in [3.05, 3.63) is 74.8 Å². The van der Waals surface area contributed by atoms with Gasteiger partial charge < -0.3 is 5.32 Å². The van der Waals surface area contributed by atoms with E-state index in [1.165, 1.54) is 12.1 Å². The standard InChI is InChI=1S/C16H15ClN2O3/c1-11(13-4-8-15(9-5-13)19(21)22)16(20)18-10-12-2-6-14(17)7-3-12/h2-9,11H,10H2,1H3,(H,18,20)/t11-/m1/s1. The Morgan fingerprint density at radius 3 is 2.32 bits per heavy atom. The van der Waals surface area contributed by atoms with Crippen molar-refractivity contribution < 1.29 is 9.72 Å². The van der Waals surface area contributed by atoms with Gasteiger partial charge in [-0.25, -0.2) is 0 Å². The molecule has 0 fully saturated rings. The Bertz CT molecular complexity index is 669. The van der Waals surface area contributed by atoms with E-state index in [4.69, 9.17) is 11.6 Å². The number of hydrogen-bond acceptors (Lipinski definition) is 3. The molecule has 0 saturated carbocycles. The molecule has 5 nitrogen and oxygen atoms in total. The summed E-state index contributed by atoms with van der Waals surface area (Å²) in [5.74, 6) is -0.517. The summed E-state index contributed by atoms with van der Waals surface area (Å²) in [5, 5.41) is 14.1. The first-order valence-electron chi connectivity index (χ1n) is 6.74. The first-order valence-corrected chi connectivity index (χ1v) is 7.11. The van der Waals surface area contributed by atoms with Crippen LogP contribution < -0.4 is 5.32 Å². The molecule has 0 aliphatic carbocycles. The van der Waals surface area contributed by atoms with Gasteiger partial charge in [-0.05, 0) is 30.2 Å². The van der Waals surface area contributed by atoms with Gasteiger partial charge in [-0.1, -0.05) is 35.9 Å². The van der Waals surface area contributed by atoms with E-state index in [1.54, 1.807) is 31.2 Å². The van der Waals surface area contributed by atoms with Crippen molar-refractivity contribution in [1.82, 2.24) is 5.32 Å². The number of halogens is 1. The van der Waals surface area contributed by atoms with Crippen LogP contribution in [0.15, 0.2) is 48.5 Å². The number of nitrogens with one attached hydrogen (secondary N) is 1. The van der Waals surface area contributed by atoms with Crippen LogP contribution in [-0.4, -0.2) is 10.8 Å². The number of benzene rings is 2. The molecule has 0 aliphatic heterocycles. The van der Waals surface area contributed by atoms with E-state index in [1.807, 2.05) is 12.1 Å². The number of hydrogen-bond donors (Lipinski definition) is 1. The second-order valence-corrected chi connectivity index (χ2v) is 5.35. The van der Waals surface area contributed by atoms with Crippen molar-refractivity contribution in [2.45, 2.75) is 19.4 Å². The first kappa shape index (κ1) is 16.0.